The van der Waals surface area contributed by atoms with E-state index < -0.39 is 0 Å². The number of methoxy groups -OCH3 is 2. The number of amides is 1. The second-order valence-electron chi connectivity index (χ2n) is 7.16. The van der Waals surface area contributed by atoms with Crippen LogP contribution in [0.5, 0.6) is 17.2 Å². The summed E-state index contributed by atoms with van der Waals surface area (Å²) >= 11 is 0. The number of rotatable bonds is 8. The molecule has 0 unspecified atom stereocenters. The summed E-state index contributed by atoms with van der Waals surface area (Å²) in [6, 6.07) is 15.0. The van der Waals surface area contributed by atoms with Crippen LogP contribution in [0.3, 0.4) is 0 Å². The molecule has 0 atom stereocenters. The summed E-state index contributed by atoms with van der Waals surface area (Å²) in [5, 5.41) is 0. The van der Waals surface area contributed by atoms with Gasteiger partial charge in [-0.25, -0.2) is 0 Å². The van der Waals surface area contributed by atoms with Crippen molar-refractivity contribution in [1.82, 2.24) is 4.90 Å². The van der Waals surface area contributed by atoms with E-state index in [9.17, 15) is 4.79 Å². The standard InChI is InChI=1S/C24H27NO5/c1-16-6-10-21(17(2)12-16)29-15-20-9-11-22(30-20)24(26)25(3)14-18-7-8-19(27-4)13-23(18)28-5/h6-13H,14-15H2,1-5H3. The highest BCUT2D eigenvalue weighted by molar-refractivity contribution is 5.91. The Hall–Kier alpha value is -3.41. The lowest BCUT2D eigenvalue weighted by Crippen LogP contribution is -2.26. The van der Waals surface area contributed by atoms with E-state index in [1.165, 1.54) is 5.56 Å². The van der Waals surface area contributed by atoms with Crippen LogP contribution in [-0.2, 0) is 13.2 Å². The van der Waals surface area contributed by atoms with Gasteiger partial charge in [-0.05, 0) is 49.7 Å². The van der Waals surface area contributed by atoms with Gasteiger partial charge in [0.2, 0.25) is 0 Å². The summed E-state index contributed by atoms with van der Waals surface area (Å²) in [7, 11) is 4.91. The quantitative estimate of drug-likeness (QED) is 0.537. The molecule has 2 aromatic carbocycles. The average molecular weight is 409 g/mol. The molecule has 0 fully saturated rings. The lowest BCUT2D eigenvalue weighted by molar-refractivity contribution is 0.0748. The van der Waals surface area contributed by atoms with Crippen LogP contribution in [0.25, 0.3) is 0 Å². The van der Waals surface area contributed by atoms with Crippen molar-refractivity contribution in [3.63, 3.8) is 0 Å². The van der Waals surface area contributed by atoms with Crippen LogP contribution in [0.2, 0.25) is 0 Å². The fourth-order valence-corrected chi connectivity index (χ4v) is 3.18. The SMILES string of the molecule is COc1ccc(CN(C)C(=O)c2ccc(COc3ccc(C)cc3C)o2)c(OC)c1. The van der Waals surface area contributed by atoms with Crippen molar-refractivity contribution >= 4 is 5.91 Å². The second-order valence-corrected chi connectivity index (χ2v) is 7.16. The molecule has 0 bridgehead atoms. The molecule has 0 saturated carbocycles. The number of nitrogens with zero attached hydrogens (tertiary/aromatic N) is 1. The van der Waals surface area contributed by atoms with Crippen molar-refractivity contribution in [2.75, 3.05) is 21.3 Å². The smallest absolute Gasteiger partial charge is 0.289 e. The van der Waals surface area contributed by atoms with Crippen LogP contribution >= 0.6 is 0 Å². The molecule has 1 aromatic heterocycles. The lowest BCUT2D eigenvalue weighted by atomic mass is 10.1. The fourth-order valence-electron chi connectivity index (χ4n) is 3.18. The average Bonchev–Trinajstić information content (AvgIpc) is 3.21. The number of ether oxygens (including phenoxy) is 3. The zero-order valence-corrected chi connectivity index (χ0v) is 18.0. The van der Waals surface area contributed by atoms with Gasteiger partial charge in [0.05, 0.1) is 14.2 Å². The molecule has 6 heteroatoms. The minimum atomic E-state index is -0.217. The van der Waals surface area contributed by atoms with E-state index in [0.29, 0.717) is 23.8 Å². The number of benzene rings is 2. The third-order valence-corrected chi connectivity index (χ3v) is 4.82. The zero-order chi connectivity index (χ0) is 21.7. The topological polar surface area (TPSA) is 61.1 Å². The maximum Gasteiger partial charge on any atom is 0.289 e. The summed E-state index contributed by atoms with van der Waals surface area (Å²) in [5.41, 5.74) is 3.12. The van der Waals surface area contributed by atoms with Gasteiger partial charge in [-0.3, -0.25) is 4.79 Å². The maximum absolute atomic E-state index is 12.8. The molecule has 1 amide bonds. The zero-order valence-electron chi connectivity index (χ0n) is 18.0. The predicted octanol–water partition coefficient (Wildman–Crippen LogP) is 4.76. The van der Waals surface area contributed by atoms with Gasteiger partial charge < -0.3 is 23.5 Å². The fraction of sp³-hybridized carbons (Fsp3) is 0.292. The van der Waals surface area contributed by atoms with Crippen molar-refractivity contribution in [3.05, 3.63) is 76.7 Å². The molecule has 1 heterocycles. The predicted molar refractivity (Wildman–Crippen MR) is 114 cm³/mol. The minimum Gasteiger partial charge on any atom is -0.497 e. The summed E-state index contributed by atoms with van der Waals surface area (Å²) < 4.78 is 22.2. The Morgan fingerprint density at radius 2 is 1.77 bits per heavy atom. The van der Waals surface area contributed by atoms with E-state index in [-0.39, 0.29) is 18.3 Å². The number of carbonyl (C=O) groups excluding carboxylic acids is 1. The Bertz CT molecular complexity index is 1020. The van der Waals surface area contributed by atoms with E-state index in [0.717, 1.165) is 16.9 Å². The van der Waals surface area contributed by atoms with Gasteiger partial charge in [0.25, 0.3) is 5.91 Å². The van der Waals surface area contributed by atoms with Crippen molar-refractivity contribution in [2.45, 2.75) is 27.0 Å². The molecule has 0 aliphatic heterocycles. The first-order valence-electron chi connectivity index (χ1n) is 9.66. The van der Waals surface area contributed by atoms with Crippen LogP contribution in [0.1, 0.15) is 33.0 Å². The molecule has 30 heavy (non-hydrogen) atoms. The van der Waals surface area contributed by atoms with Crippen LogP contribution in [-0.4, -0.2) is 32.1 Å². The summed E-state index contributed by atoms with van der Waals surface area (Å²) in [6.07, 6.45) is 0. The second kappa shape index (κ2) is 9.39. The van der Waals surface area contributed by atoms with Crippen molar-refractivity contribution in [3.8, 4) is 17.2 Å². The van der Waals surface area contributed by atoms with E-state index in [4.69, 9.17) is 18.6 Å². The third-order valence-electron chi connectivity index (χ3n) is 4.82. The van der Waals surface area contributed by atoms with Gasteiger partial charge in [0.15, 0.2) is 5.76 Å². The molecule has 0 N–H and O–H groups in total. The van der Waals surface area contributed by atoms with Crippen LogP contribution in [0.4, 0.5) is 0 Å². The molecule has 158 valence electrons. The highest BCUT2D eigenvalue weighted by Gasteiger charge is 2.18. The van der Waals surface area contributed by atoms with Crippen LogP contribution in [0, 0.1) is 13.8 Å². The largest absolute Gasteiger partial charge is 0.497 e. The maximum atomic E-state index is 12.8. The normalized spacial score (nSPS) is 10.6. The van der Waals surface area contributed by atoms with Crippen LogP contribution in [0.15, 0.2) is 52.9 Å². The number of aryl methyl sites for hydroxylation is 2. The molecule has 6 nitrogen and oxygen atoms in total. The Morgan fingerprint density at radius 1 is 0.967 bits per heavy atom. The van der Waals surface area contributed by atoms with Crippen molar-refractivity contribution < 1.29 is 23.4 Å². The Morgan fingerprint density at radius 3 is 2.47 bits per heavy atom. The molecule has 0 spiro atoms. The molecular formula is C24H27NO5. The number of furan rings is 1. The van der Waals surface area contributed by atoms with Gasteiger partial charge in [-0.15, -0.1) is 0 Å². The molecule has 0 aliphatic carbocycles. The number of carbonyl (C=O) groups is 1. The first-order valence-corrected chi connectivity index (χ1v) is 9.66. The third kappa shape index (κ3) is 4.95. The first kappa shape index (κ1) is 21.3. The molecule has 0 saturated heterocycles. The summed E-state index contributed by atoms with van der Waals surface area (Å²) in [4.78, 5) is 14.4. The highest BCUT2D eigenvalue weighted by atomic mass is 16.5. The molecule has 3 rings (SSSR count). The van der Waals surface area contributed by atoms with Gasteiger partial charge in [-0.2, -0.15) is 0 Å². The van der Waals surface area contributed by atoms with E-state index in [2.05, 4.69) is 6.07 Å². The lowest BCUT2D eigenvalue weighted by Gasteiger charge is -2.18. The van der Waals surface area contributed by atoms with E-state index >= 15 is 0 Å². The molecule has 0 aliphatic rings. The van der Waals surface area contributed by atoms with Gasteiger partial charge in [0, 0.05) is 25.2 Å². The van der Waals surface area contributed by atoms with E-state index in [1.807, 2.05) is 38.1 Å². The van der Waals surface area contributed by atoms with Gasteiger partial charge in [0.1, 0.15) is 29.6 Å². The van der Waals surface area contributed by atoms with E-state index in [1.54, 1.807) is 44.4 Å². The summed E-state index contributed by atoms with van der Waals surface area (Å²) in [5.74, 6) is 2.80. The Balaban J connectivity index is 1.64. The molecule has 3 aromatic rings. The van der Waals surface area contributed by atoms with Crippen LogP contribution < -0.4 is 14.2 Å². The minimum absolute atomic E-state index is 0.217. The monoisotopic (exact) mass is 409 g/mol. The first-order chi connectivity index (χ1) is 14.4. The highest BCUT2D eigenvalue weighted by Crippen LogP contribution is 2.26. The molecular weight excluding hydrogens is 382 g/mol. The Kier molecular flexibility index (Phi) is 6.67. The number of hydrogen-bond acceptors (Lipinski definition) is 5. The molecule has 0 radical (unpaired) electrons. The van der Waals surface area contributed by atoms with Crippen molar-refractivity contribution in [2.24, 2.45) is 0 Å². The van der Waals surface area contributed by atoms with Gasteiger partial charge >= 0.3 is 0 Å². The number of hydrogen-bond donors (Lipinski definition) is 0. The summed E-state index contributed by atoms with van der Waals surface area (Å²) in [6.45, 7) is 4.68. The van der Waals surface area contributed by atoms with Gasteiger partial charge in [-0.1, -0.05) is 17.7 Å². The van der Waals surface area contributed by atoms with Crippen molar-refractivity contribution in [1.29, 1.82) is 0 Å². The Labute approximate surface area is 177 Å².